The molecule has 6 heteroatoms. The van der Waals surface area contributed by atoms with E-state index in [1.165, 1.54) is 19.4 Å². The largest absolute Gasteiger partial charge is 0.467 e. The number of hydrogen-bond acceptors (Lipinski definition) is 5. The van der Waals surface area contributed by atoms with Crippen LogP contribution < -0.4 is 10.1 Å². The molecule has 3 rings (SSSR count). The number of aromatic nitrogens is 2. The molecule has 1 aliphatic carbocycles. The Morgan fingerprint density at radius 2 is 2.00 bits per heavy atom. The first kappa shape index (κ1) is 14.5. The quantitative estimate of drug-likeness (QED) is 0.870. The van der Waals surface area contributed by atoms with Crippen molar-refractivity contribution in [3.8, 4) is 6.01 Å². The van der Waals surface area contributed by atoms with Crippen LogP contribution in [0.5, 0.6) is 6.01 Å². The molecule has 0 saturated carbocycles. The fourth-order valence-corrected chi connectivity index (χ4v) is 2.80. The van der Waals surface area contributed by atoms with E-state index >= 15 is 0 Å². The zero-order chi connectivity index (χ0) is 15.6. The van der Waals surface area contributed by atoms with Gasteiger partial charge in [-0.15, -0.1) is 0 Å². The molecule has 1 aliphatic rings. The summed E-state index contributed by atoms with van der Waals surface area (Å²) in [6.07, 6.45) is 2.68. The van der Waals surface area contributed by atoms with E-state index in [1.807, 2.05) is 24.3 Å². The predicted octanol–water partition coefficient (Wildman–Crippen LogP) is 0.745. The summed E-state index contributed by atoms with van der Waals surface area (Å²) < 4.78 is 4.93. The molecule has 0 saturated heterocycles. The van der Waals surface area contributed by atoms with Crippen molar-refractivity contribution < 1.29 is 14.6 Å². The number of ether oxygens (including phenoxy) is 1. The minimum atomic E-state index is -0.682. The van der Waals surface area contributed by atoms with Crippen LogP contribution in [0.4, 0.5) is 0 Å². The Labute approximate surface area is 128 Å². The lowest BCUT2D eigenvalue weighted by molar-refractivity contribution is 0.0836. The third-order valence-electron chi connectivity index (χ3n) is 3.91. The fourth-order valence-electron chi connectivity index (χ4n) is 2.80. The van der Waals surface area contributed by atoms with Crippen molar-refractivity contribution in [2.75, 3.05) is 13.7 Å². The highest BCUT2D eigenvalue weighted by Crippen LogP contribution is 2.30. The molecule has 1 amide bonds. The average molecular weight is 299 g/mol. The number of carbonyl (C=O) groups is 1. The summed E-state index contributed by atoms with van der Waals surface area (Å²) in [5, 5.41) is 12.7. The van der Waals surface area contributed by atoms with Crippen molar-refractivity contribution >= 4 is 5.91 Å². The topological polar surface area (TPSA) is 84.3 Å². The number of benzene rings is 1. The number of aliphatic hydroxyl groups is 1. The van der Waals surface area contributed by atoms with E-state index in [4.69, 9.17) is 4.74 Å². The van der Waals surface area contributed by atoms with Crippen molar-refractivity contribution in [3.05, 3.63) is 53.3 Å². The van der Waals surface area contributed by atoms with Gasteiger partial charge in [0.2, 0.25) is 0 Å². The lowest BCUT2D eigenvalue weighted by Gasteiger charge is -2.27. The second-order valence-corrected chi connectivity index (χ2v) is 5.44. The van der Waals surface area contributed by atoms with Crippen LogP contribution >= 0.6 is 0 Å². The van der Waals surface area contributed by atoms with Crippen LogP contribution in [0.15, 0.2) is 36.5 Å². The van der Waals surface area contributed by atoms with Gasteiger partial charge >= 0.3 is 6.01 Å². The van der Waals surface area contributed by atoms with Crippen molar-refractivity contribution in [1.29, 1.82) is 0 Å². The van der Waals surface area contributed by atoms with Crippen LogP contribution in [-0.2, 0) is 12.8 Å². The molecular formula is C16H17N3O3. The smallest absolute Gasteiger partial charge is 0.316 e. The van der Waals surface area contributed by atoms with Crippen molar-refractivity contribution in [1.82, 2.24) is 15.3 Å². The maximum absolute atomic E-state index is 12.4. The van der Waals surface area contributed by atoms with E-state index in [-0.39, 0.29) is 24.2 Å². The summed E-state index contributed by atoms with van der Waals surface area (Å²) in [4.78, 5) is 20.3. The molecule has 1 aromatic heterocycles. The summed E-state index contributed by atoms with van der Waals surface area (Å²) >= 11 is 0. The van der Waals surface area contributed by atoms with Gasteiger partial charge in [0.1, 0.15) is 5.69 Å². The van der Waals surface area contributed by atoms with Gasteiger partial charge in [-0.2, -0.15) is 4.98 Å². The van der Waals surface area contributed by atoms with Crippen LogP contribution in [0.1, 0.15) is 21.6 Å². The number of hydrogen-bond donors (Lipinski definition) is 2. The highest BCUT2D eigenvalue weighted by Gasteiger charge is 2.38. The van der Waals surface area contributed by atoms with Gasteiger partial charge in [0.05, 0.1) is 19.3 Å². The number of carbonyl (C=O) groups excluding carboxylic acids is 1. The van der Waals surface area contributed by atoms with Gasteiger partial charge in [-0.3, -0.25) is 4.79 Å². The Balaban J connectivity index is 1.80. The van der Waals surface area contributed by atoms with E-state index in [0.29, 0.717) is 12.8 Å². The Kier molecular flexibility index (Phi) is 3.77. The van der Waals surface area contributed by atoms with E-state index in [9.17, 15) is 9.90 Å². The summed E-state index contributed by atoms with van der Waals surface area (Å²) in [7, 11) is 1.44. The van der Waals surface area contributed by atoms with Crippen molar-refractivity contribution in [2.24, 2.45) is 0 Å². The molecule has 6 nitrogen and oxygen atoms in total. The Bertz CT molecular complexity index is 678. The standard InChI is InChI=1S/C16H17N3O3/c1-22-15-17-7-6-13(18-15)14(21)19-16(10-20)8-11-4-2-3-5-12(11)9-16/h2-7,20H,8-10H2,1H3,(H,19,21). The second-order valence-electron chi connectivity index (χ2n) is 5.44. The maximum Gasteiger partial charge on any atom is 0.316 e. The molecule has 2 aromatic rings. The summed E-state index contributed by atoms with van der Waals surface area (Å²) in [5.41, 5.74) is 1.84. The van der Waals surface area contributed by atoms with Crippen LogP contribution in [0.3, 0.4) is 0 Å². The van der Waals surface area contributed by atoms with E-state index in [1.54, 1.807) is 0 Å². The van der Waals surface area contributed by atoms with Gasteiger partial charge in [0, 0.05) is 6.20 Å². The minimum absolute atomic E-state index is 0.129. The van der Waals surface area contributed by atoms with Crippen molar-refractivity contribution in [3.63, 3.8) is 0 Å². The van der Waals surface area contributed by atoms with E-state index in [0.717, 1.165) is 11.1 Å². The van der Waals surface area contributed by atoms with E-state index < -0.39 is 5.54 Å². The van der Waals surface area contributed by atoms with Gasteiger partial charge in [-0.25, -0.2) is 4.98 Å². The Morgan fingerprint density at radius 1 is 1.32 bits per heavy atom. The van der Waals surface area contributed by atoms with Gasteiger partial charge in [-0.05, 0) is 30.0 Å². The normalized spacial score (nSPS) is 15.2. The minimum Gasteiger partial charge on any atom is -0.467 e. The van der Waals surface area contributed by atoms with Gasteiger partial charge in [0.25, 0.3) is 5.91 Å². The first-order valence-corrected chi connectivity index (χ1v) is 7.03. The lowest BCUT2D eigenvalue weighted by Crippen LogP contribution is -2.52. The van der Waals surface area contributed by atoms with Gasteiger partial charge < -0.3 is 15.2 Å². The summed E-state index contributed by atoms with van der Waals surface area (Å²) in [5.74, 6) is -0.345. The SMILES string of the molecule is COc1nccc(C(=O)NC2(CO)Cc3ccccc3C2)n1. The summed E-state index contributed by atoms with van der Waals surface area (Å²) in [6.45, 7) is -0.129. The molecule has 22 heavy (non-hydrogen) atoms. The zero-order valence-corrected chi connectivity index (χ0v) is 12.2. The van der Waals surface area contributed by atoms with E-state index in [2.05, 4.69) is 15.3 Å². The van der Waals surface area contributed by atoms with Crippen LogP contribution in [0.25, 0.3) is 0 Å². The molecule has 0 unspecified atom stereocenters. The number of aliphatic hydroxyl groups excluding tert-OH is 1. The zero-order valence-electron chi connectivity index (χ0n) is 12.2. The monoisotopic (exact) mass is 299 g/mol. The molecular weight excluding hydrogens is 282 g/mol. The van der Waals surface area contributed by atoms with Crippen LogP contribution in [-0.4, -0.2) is 40.2 Å². The maximum atomic E-state index is 12.4. The van der Waals surface area contributed by atoms with Crippen LogP contribution in [0, 0.1) is 0 Å². The Morgan fingerprint density at radius 3 is 2.59 bits per heavy atom. The predicted molar refractivity (Wildman–Crippen MR) is 79.7 cm³/mol. The van der Waals surface area contributed by atoms with Crippen molar-refractivity contribution in [2.45, 2.75) is 18.4 Å². The van der Waals surface area contributed by atoms with Gasteiger partial charge in [-0.1, -0.05) is 24.3 Å². The average Bonchev–Trinajstić information content (AvgIpc) is 2.93. The third-order valence-corrected chi connectivity index (χ3v) is 3.91. The third kappa shape index (κ3) is 2.65. The molecule has 0 aliphatic heterocycles. The second kappa shape index (κ2) is 5.73. The van der Waals surface area contributed by atoms with Gasteiger partial charge in [0.15, 0.2) is 0 Å². The number of fused-ring (bicyclic) bond motifs is 1. The molecule has 0 bridgehead atoms. The first-order valence-electron chi connectivity index (χ1n) is 7.03. The highest BCUT2D eigenvalue weighted by molar-refractivity contribution is 5.93. The molecule has 1 aromatic carbocycles. The molecule has 0 radical (unpaired) electrons. The molecule has 0 spiro atoms. The Hall–Kier alpha value is -2.47. The molecule has 2 N–H and O–H groups in total. The van der Waals surface area contributed by atoms with Crippen LogP contribution in [0.2, 0.25) is 0 Å². The number of amides is 1. The molecule has 114 valence electrons. The first-order chi connectivity index (χ1) is 10.7. The summed E-state index contributed by atoms with van der Waals surface area (Å²) in [6, 6.07) is 9.62. The molecule has 0 atom stereocenters. The highest BCUT2D eigenvalue weighted by atomic mass is 16.5. The molecule has 1 heterocycles. The number of nitrogens with zero attached hydrogens (tertiary/aromatic N) is 2. The fraction of sp³-hybridized carbons (Fsp3) is 0.312. The molecule has 0 fully saturated rings. The number of methoxy groups -OCH3 is 1. The number of rotatable bonds is 4. The lowest BCUT2D eigenvalue weighted by atomic mass is 9.96. The number of nitrogens with one attached hydrogen (secondary N) is 1.